The van der Waals surface area contributed by atoms with E-state index in [0.29, 0.717) is 28.7 Å². The molecule has 0 radical (unpaired) electrons. The third kappa shape index (κ3) is 2.44. The van der Waals surface area contributed by atoms with Gasteiger partial charge >= 0.3 is 5.97 Å². The minimum atomic E-state index is -1.03. The van der Waals surface area contributed by atoms with Crippen molar-refractivity contribution in [2.75, 3.05) is 0 Å². The van der Waals surface area contributed by atoms with Crippen LogP contribution in [0, 0.1) is 25.7 Å². The van der Waals surface area contributed by atoms with Crippen LogP contribution in [0.15, 0.2) is 0 Å². The van der Waals surface area contributed by atoms with Gasteiger partial charge in [0, 0.05) is 11.7 Å². The molecule has 0 saturated heterocycles. The number of nitrogens with one attached hydrogen (secondary N) is 2. The molecular weight excluding hydrogens is 256 g/mol. The molecule has 1 aromatic rings. The molecular formula is C15H22N2O3. The number of aryl methyl sites for hydroxylation is 1. The molecule has 3 unspecified atom stereocenters. The molecule has 2 rings (SSSR count). The summed E-state index contributed by atoms with van der Waals surface area (Å²) >= 11 is 0. The number of carbonyl (C=O) groups is 2. The molecule has 1 fully saturated rings. The summed E-state index contributed by atoms with van der Waals surface area (Å²) in [6.45, 7) is 7.76. The Labute approximate surface area is 118 Å². The molecule has 0 aromatic carbocycles. The average molecular weight is 278 g/mol. The van der Waals surface area contributed by atoms with Crippen molar-refractivity contribution in [1.29, 1.82) is 0 Å². The number of aromatic amines is 1. The Morgan fingerprint density at radius 3 is 2.35 bits per heavy atom. The fourth-order valence-corrected chi connectivity index (χ4v) is 3.11. The molecule has 0 aliphatic heterocycles. The standard InChI is InChI=1S/C15H22N2O3/c1-7-5-6-11(8(7)2)17-14(18)12-9(3)13(15(19)20)16-10(12)4/h7-8,11,16H,5-6H2,1-4H3,(H,17,18)(H,19,20). The number of amides is 1. The number of aromatic nitrogens is 1. The number of carboxylic acids is 1. The molecule has 3 atom stereocenters. The van der Waals surface area contributed by atoms with E-state index >= 15 is 0 Å². The zero-order valence-electron chi connectivity index (χ0n) is 12.4. The predicted molar refractivity (Wildman–Crippen MR) is 76.0 cm³/mol. The first-order valence-corrected chi connectivity index (χ1v) is 7.06. The Morgan fingerprint density at radius 2 is 1.90 bits per heavy atom. The predicted octanol–water partition coefficient (Wildman–Crippen LogP) is 2.49. The maximum absolute atomic E-state index is 12.4. The molecule has 1 amide bonds. The summed E-state index contributed by atoms with van der Waals surface area (Å²) in [6.07, 6.45) is 2.11. The van der Waals surface area contributed by atoms with Crippen molar-refractivity contribution in [2.24, 2.45) is 11.8 Å². The lowest BCUT2D eigenvalue weighted by molar-refractivity contribution is 0.0690. The lowest BCUT2D eigenvalue weighted by Crippen LogP contribution is -2.37. The van der Waals surface area contributed by atoms with Gasteiger partial charge in [0.2, 0.25) is 0 Å². The lowest BCUT2D eigenvalue weighted by atomic mass is 9.97. The van der Waals surface area contributed by atoms with Gasteiger partial charge in [0.15, 0.2) is 0 Å². The van der Waals surface area contributed by atoms with Crippen LogP contribution in [0.1, 0.15) is 58.8 Å². The summed E-state index contributed by atoms with van der Waals surface area (Å²) in [6, 6.07) is 0.180. The summed E-state index contributed by atoms with van der Waals surface area (Å²) in [5.74, 6) is -0.136. The topological polar surface area (TPSA) is 82.2 Å². The largest absolute Gasteiger partial charge is 0.477 e. The van der Waals surface area contributed by atoms with E-state index in [4.69, 9.17) is 5.11 Å². The Kier molecular flexibility index (Phi) is 3.88. The normalized spacial score (nSPS) is 25.7. The maximum atomic E-state index is 12.4. The molecule has 20 heavy (non-hydrogen) atoms. The first kappa shape index (κ1) is 14.6. The molecule has 1 aromatic heterocycles. The van der Waals surface area contributed by atoms with E-state index in [0.717, 1.165) is 12.8 Å². The van der Waals surface area contributed by atoms with Gasteiger partial charge in [0.25, 0.3) is 5.91 Å². The second-order valence-corrected chi connectivity index (χ2v) is 5.92. The average Bonchev–Trinajstić information content (AvgIpc) is 2.83. The monoisotopic (exact) mass is 278 g/mol. The van der Waals surface area contributed by atoms with Gasteiger partial charge in [-0.3, -0.25) is 4.79 Å². The van der Waals surface area contributed by atoms with Gasteiger partial charge in [-0.15, -0.1) is 0 Å². The van der Waals surface area contributed by atoms with E-state index in [2.05, 4.69) is 24.1 Å². The number of carboxylic acid groups (broad SMARTS) is 1. The van der Waals surface area contributed by atoms with E-state index in [1.807, 2.05) is 0 Å². The van der Waals surface area contributed by atoms with Crippen molar-refractivity contribution in [2.45, 2.75) is 46.6 Å². The van der Waals surface area contributed by atoms with Crippen LogP contribution in [0.5, 0.6) is 0 Å². The van der Waals surface area contributed by atoms with E-state index in [1.165, 1.54) is 0 Å². The third-order valence-corrected chi connectivity index (χ3v) is 4.66. The zero-order chi connectivity index (χ0) is 15.0. The van der Waals surface area contributed by atoms with E-state index in [1.54, 1.807) is 13.8 Å². The highest BCUT2D eigenvalue weighted by Crippen LogP contribution is 2.31. The summed E-state index contributed by atoms with van der Waals surface area (Å²) in [5, 5.41) is 12.1. The highest BCUT2D eigenvalue weighted by Gasteiger charge is 2.32. The molecule has 5 nitrogen and oxygen atoms in total. The van der Waals surface area contributed by atoms with Crippen LogP contribution in [-0.4, -0.2) is 28.0 Å². The first-order valence-electron chi connectivity index (χ1n) is 7.06. The van der Waals surface area contributed by atoms with Gasteiger partial charge in [-0.1, -0.05) is 13.8 Å². The van der Waals surface area contributed by atoms with Gasteiger partial charge in [-0.2, -0.15) is 0 Å². The summed E-state index contributed by atoms with van der Waals surface area (Å²) in [5.41, 5.74) is 1.68. The lowest BCUT2D eigenvalue weighted by Gasteiger charge is -2.19. The summed E-state index contributed by atoms with van der Waals surface area (Å²) in [4.78, 5) is 26.3. The Morgan fingerprint density at radius 1 is 1.25 bits per heavy atom. The van der Waals surface area contributed by atoms with Crippen LogP contribution in [0.4, 0.5) is 0 Å². The molecule has 1 aliphatic carbocycles. The van der Waals surface area contributed by atoms with Crippen molar-refractivity contribution in [3.63, 3.8) is 0 Å². The molecule has 3 N–H and O–H groups in total. The number of aromatic carboxylic acids is 1. The Bertz CT molecular complexity index is 548. The molecule has 0 spiro atoms. The molecule has 1 heterocycles. The van der Waals surface area contributed by atoms with E-state index in [-0.39, 0.29) is 17.6 Å². The maximum Gasteiger partial charge on any atom is 0.352 e. The first-order chi connectivity index (χ1) is 9.32. The minimum absolute atomic E-state index is 0.0977. The highest BCUT2D eigenvalue weighted by atomic mass is 16.4. The van der Waals surface area contributed by atoms with Crippen molar-refractivity contribution in [3.05, 3.63) is 22.5 Å². The van der Waals surface area contributed by atoms with Gasteiger partial charge in [-0.25, -0.2) is 4.79 Å². The van der Waals surface area contributed by atoms with Crippen LogP contribution < -0.4 is 5.32 Å². The second kappa shape index (κ2) is 5.31. The van der Waals surface area contributed by atoms with Gasteiger partial charge in [0.1, 0.15) is 5.69 Å². The van der Waals surface area contributed by atoms with Crippen LogP contribution in [0.3, 0.4) is 0 Å². The fourth-order valence-electron chi connectivity index (χ4n) is 3.11. The van der Waals surface area contributed by atoms with E-state index in [9.17, 15) is 9.59 Å². The van der Waals surface area contributed by atoms with Crippen molar-refractivity contribution >= 4 is 11.9 Å². The van der Waals surface area contributed by atoms with E-state index < -0.39 is 5.97 Å². The molecule has 1 aliphatic rings. The number of H-pyrrole nitrogens is 1. The third-order valence-electron chi connectivity index (χ3n) is 4.66. The molecule has 0 bridgehead atoms. The number of hydrogen-bond donors (Lipinski definition) is 3. The second-order valence-electron chi connectivity index (χ2n) is 5.92. The number of carbonyl (C=O) groups excluding carboxylic acids is 1. The van der Waals surface area contributed by atoms with Gasteiger partial charge in [-0.05, 0) is 44.1 Å². The van der Waals surface area contributed by atoms with Crippen molar-refractivity contribution in [1.82, 2.24) is 10.3 Å². The van der Waals surface area contributed by atoms with Crippen LogP contribution in [-0.2, 0) is 0 Å². The molecule has 110 valence electrons. The number of rotatable bonds is 3. The van der Waals surface area contributed by atoms with Gasteiger partial charge in [0.05, 0.1) is 5.56 Å². The summed E-state index contributed by atoms with van der Waals surface area (Å²) < 4.78 is 0. The number of hydrogen-bond acceptors (Lipinski definition) is 2. The quantitative estimate of drug-likeness (QED) is 0.794. The Balaban J connectivity index is 2.20. The van der Waals surface area contributed by atoms with Gasteiger partial charge < -0.3 is 15.4 Å². The Hall–Kier alpha value is -1.78. The highest BCUT2D eigenvalue weighted by molar-refractivity contribution is 6.00. The van der Waals surface area contributed by atoms with Crippen LogP contribution in [0.25, 0.3) is 0 Å². The minimum Gasteiger partial charge on any atom is -0.477 e. The molecule has 1 saturated carbocycles. The fraction of sp³-hybridized carbons (Fsp3) is 0.600. The molecule has 5 heteroatoms. The zero-order valence-corrected chi connectivity index (χ0v) is 12.4. The smallest absolute Gasteiger partial charge is 0.352 e. The van der Waals surface area contributed by atoms with Crippen molar-refractivity contribution < 1.29 is 14.7 Å². The van der Waals surface area contributed by atoms with Crippen LogP contribution >= 0.6 is 0 Å². The summed E-state index contributed by atoms with van der Waals surface area (Å²) in [7, 11) is 0. The van der Waals surface area contributed by atoms with Crippen LogP contribution in [0.2, 0.25) is 0 Å². The van der Waals surface area contributed by atoms with Crippen molar-refractivity contribution in [3.8, 4) is 0 Å². The SMILES string of the molecule is Cc1[nH]c(C(=O)O)c(C)c1C(=O)NC1CCC(C)C1C.